The Morgan fingerprint density at radius 2 is 1.64 bits per heavy atom. The molecule has 3 saturated carbocycles. The molecular weight excluding hydrogens is 608 g/mol. The Kier molecular flexibility index (Phi) is 9.01. The van der Waals surface area contributed by atoms with Crippen LogP contribution in [-0.4, -0.2) is 71.7 Å². The summed E-state index contributed by atoms with van der Waals surface area (Å²) in [5, 5.41) is 24.0. The summed E-state index contributed by atoms with van der Waals surface area (Å²) in [6, 6.07) is 1.87. The molecule has 0 saturated heterocycles. The van der Waals surface area contributed by atoms with Crippen molar-refractivity contribution in [3.63, 3.8) is 0 Å². The minimum absolute atomic E-state index is 0.0534. The second-order valence-corrected chi connectivity index (χ2v) is 15.0. The van der Waals surface area contributed by atoms with Gasteiger partial charge in [0.15, 0.2) is 0 Å². The van der Waals surface area contributed by atoms with Crippen LogP contribution < -0.4 is 0 Å². The standard InChI is InChI=1S/C36H50O11/c1-10-18(2)31(41)47-30-28(46-20(4)38)29-34(6,23-12-11-22(33(23,30)5)21-13-14-44-17-21)25(39)15-24-35(7,32(42)43-9)26(40)16-27(36(24,29)8)45-19(3)37/h12-14,17-18,22,24-30,39-40H,10-11,15-16H2,1-9H3. The van der Waals surface area contributed by atoms with E-state index in [1.54, 1.807) is 26.4 Å². The summed E-state index contributed by atoms with van der Waals surface area (Å²) >= 11 is 0. The normalized spacial score (nSPS) is 42.9. The van der Waals surface area contributed by atoms with E-state index in [2.05, 4.69) is 6.08 Å². The number of aliphatic hydroxyl groups is 2. The number of carbonyl (C=O) groups is 4. The van der Waals surface area contributed by atoms with Crippen LogP contribution in [0, 0.1) is 39.4 Å². The lowest BCUT2D eigenvalue weighted by molar-refractivity contribution is -0.293. The number of furan rings is 1. The molecule has 1 aromatic heterocycles. The smallest absolute Gasteiger partial charge is 0.314 e. The van der Waals surface area contributed by atoms with Gasteiger partial charge in [-0.1, -0.05) is 46.3 Å². The van der Waals surface area contributed by atoms with Crippen molar-refractivity contribution < 1.29 is 52.8 Å². The third kappa shape index (κ3) is 4.89. The van der Waals surface area contributed by atoms with Gasteiger partial charge in [0.1, 0.15) is 18.3 Å². The number of allylic oxidation sites excluding steroid dienone is 1. The number of fused-ring (bicyclic) bond motifs is 5. The Morgan fingerprint density at radius 3 is 2.19 bits per heavy atom. The molecule has 13 unspecified atom stereocenters. The van der Waals surface area contributed by atoms with Gasteiger partial charge in [0, 0.05) is 48.3 Å². The van der Waals surface area contributed by atoms with Gasteiger partial charge in [-0.25, -0.2) is 0 Å². The molecule has 0 bridgehead atoms. The maximum absolute atomic E-state index is 13.7. The lowest BCUT2D eigenvalue weighted by Crippen LogP contribution is -2.76. The third-order valence-corrected chi connectivity index (χ3v) is 12.9. The van der Waals surface area contributed by atoms with Crippen LogP contribution in [0.25, 0.3) is 0 Å². The predicted molar refractivity (Wildman–Crippen MR) is 167 cm³/mol. The largest absolute Gasteiger partial charge is 0.472 e. The van der Waals surface area contributed by atoms with Crippen LogP contribution in [0.4, 0.5) is 0 Å². The third-order valence-electron chi connectivity index (χ3n) is 12.9. The first-order valence-corrected chi connectivity index (χ1v) is 16.7. The number of ether oxygens (including phenoxy) is 4. The number of methoxy groups -OCH3 is 1. The van der Waals surface area contributed by atoms with Crippen LogP contribution in [-0.2, 0) is 38.1 Å². The van der Waals surface area contributed by atoms with Gasteiger partial charge in [-0.3, -0.25) is 19.2 Å². The second kappa shape index (κ2) is 12.1. The highest BCUT2D eigenvalue weighted by molar-refractivity contribution is 5.78. The Hall–Kier alpha value is -3.18. The van der Waals surface area contributed by atoms with Gasteiger partial charge >= 0.3 is 23.9 Å². The zero-order valence-electron chi connectivity index (χ0n) is 28.9. The van der Waals surface area contributed by atoms with E-state index in [9.17, 15) is 29.4 Å². The SMILES string of the molecule is CCC(C)C(=O)OC1C(OC(C)=O)C2C(C)(C3=CCC(c4ccoc4)C31C)C(O)CC1C(C)(C(=O)OC)C(O)CC(OC(C)=O)C12C. The quantitative estimate of drug-likeness (QED) is 0.242. The van der Waals surface area contributed by atoms with E-state index < -0.39 is 93.8 Å². The van der Waals surface area contributed by atoms with Crippen LogP contribution in [0.1, 0.15) is 92.6 Å². The van der Waals surface area contributed by atoms with Crippen LogP contribution in [0.15, 0.2) is 34.7 Å². The van der Waals surface area contributed by atoms with E-state index >= 15 is 0 Å². The summed E-state index contributed by atoms with van der Waals surface area (Å²) in [5.41, 5.74) is -3.08. The monoisotopic (exact) mass is 658 g/mol. The molecule has 4 aliphatic carbocycles. The molecule has 0 amide bonds. The molecule has 0 radical (unpaired) electrons. The molecule has 260 valence electrons. The highest BCUT2D eigenvalue weighted by Gasteiger charge is 2.78. The molecule has 0 spiro atoms. The molecule has 2 N–H and O–H groups in total. The first-order chi connectivity index (χ1) is 21.9. The van der Waals surface area contributed by atoms with Gasteiger partial charge < -0.3 is 33.6 Å². The van der Waals surface area contributed by atoms with Crippen molar-refractivity contribution in [2.24, 2.45) is 39.4 Å². The van der Waals surface area contributed by atoms with Gasteiger partial charge in [-0.2, -0.15) is 0 Å². The molecule has 13 atom stereocenters. The zero-order chi connectivity index (χ0) is 34.9. The van der Waals surface area contributed by atoms with Gasteiger partial charge in [0.2, 0.25) is 0 Å². The van der Waals surface area contributed by atoms with Crippen molar-refractivity contribution in [1.82, 2.24) is 0 Å². The summed E-state index contributed by atoms with van der Waals surface area (Å²) in [4.78, 5) is 53.1. The van der Waals surface area contributed by atoms with E-state index in [1.807, 2.05) is 33.8 Å². The van der Waals surface area contributed by atoms with Crippen molar-refractivity contribution in [1.29, 1.82) is 0 Å². The van der Waals surface area contributed by atoms with Crippen LogP contribution in [0.3, 0.4) is 0 Å². The minimum Gasteiger partial charge on any atom is -0.472 e. The van der Waals surface area contributed by atoms with E-state index in [-0.39, 0.29) is 18.8 Å². The van der Waals surface area contributed by atoms with E-state index in [0.29, 0.717) is 12.8 Å². The number of hydrogen-bond donors (Lipinski definition) is 2. The maximum Gasteiger partial charge on any atom is 0.314 e. The summed E-state index contributed by atoms with van der Waals surface area (Å²) < 4.78 is 29.5. The number of hydrogen-bond acceptors (Lipinski definition) is 11. The molecule has 0 aliphatic heterocycles. The summed E-state index contributed by atoms with van der Waals surface area (Å²) in [6.07, 6.45) is 0.852. The fourth-order valence-electron chi connectivity index (χ4n) is 10.4. The highest BCUT2D eigenvalue weighted by atomic mass is 16.6. The molecule has 1 heterocycles. The van der Waals surface area contributed by atoms with Crippen molar-refractivity contribution in [3.8, 4) is 0 Å². The van der Waals surface area contributed by atoms with Crippen LogP contribution >= 0.6 is 0 Å². The Balaban J connectivity index is 1.82. The number of esters is 4. The molecule has 47 heavy (non-hydrogen) atoms. The van der Waals surface area contributed by atoms with Crippen LogP contribution in [0.2, 0.25) is 0 Å². The second-order valence-electron chi connectivity index (χ2n) is 15.0. The highest BCUT2D eigenvalue weighted by Crippen LogP contribution is 2.74. The van der Waals surface area contributed by atoms with Gasteiger partial charge in [-0.15, -0.1) is 0 Å². The molecule has 0 aromatic carbocycles. The van der Waals surface area contributed by atoms with Crippen molar-refractivity contribution in [3.05, 3.63) is 35.8 Å². The minimum atomic E-state index is -1.52. The lowest BCUT2D eigenvalue weighted by atomic mass is 9.35. The molecule has 11 nitrogen and oxygen atoms in total. The lowest BCUT2D eigenvalue weighted by Gasteiger charge is -2.71. The van der Waals surface area contributed by atoms with E-state index in [0.717, 1.165) is 11.1 Å². The van der Waals surface area contributed by atoms with Crippen molar-refractivity contribution in [2.75, 3.05) is 7.11 Å². The first-order valence-electron chi connectivity index (χ1n) is 16.7. The molecule has 1 aromatic rings. The van der Waals surface area contributed by atoms with Crippen molar-refractivity contribution >= 4 is 23.9 Å². The number of rotatable bonds is 7. The fourth-order valence-corrected chi connectivity index (χ4v) is 10.4. The zero-order valence-corrected chi connectivity index (χ0v) is 28.9. The Morgan fingerprint density at radius 1 is 0.979 bits per heavy atom. The average Bonchev–Trinajstić information content (AvgIpc) is 3.66. The summed E-state index contributed by atoms with van der Waals surface area (Å²) in [6.45, 7) is 13.6. The summed E-state index contributed by atoms with van der Waals surface area (Å²) in [7, 11) is 1.25. The first kappa shape index (κ1) is 35.1. The van der Waals surface area contributed by atoms with Gasteiger partial charge in [0.25, 0.3) is 0 Å². The molecule has 11 heteroatoms. The molecular formula is C36H50O11. The number of carbonyl (C=O) groups excluding carboxylic acids is 4. The van der Waals surface area contributed by atoms with E-state index in [1.165, 1.54) is 21.0 Å². The van der Waals surface area contributed by atoms with Gasteiger partial charge in [0.05, 0.1) is 43.2 Å². The molecule has 3 fully saturated rings. The topological polar surface area (TPSA) is 159 Å². The average molecular weight is 659 g/mol. The molecule has 5 rings (SSSR count). The Bertz CT molecular complexity index is 1430. The fraction of sp³-hybridized carbons (Fsp3) is 0.722. The van der Waals surface area contributed by atoms with Crippen LogP contribution in [0.5, 0.6) is 0 Å². The van der Waals surface area contributed by atoms with E-state index in [4.69, 9.17) is 23.4 Å². The summed E-state index contributed by atoms with van der Waals surface area (Å²) in [5.74, 6) is -4.67. The maximum atomic E-state index is 13.7. The molecule has 4 aliphatic rings. The van der Waals surface area contributed by atoms with Gasteiger partial charge in [-0.05, 0) is 43.7 Å². The number of aliphatic hydroxyl groups excluding tert-OH is 2. The van der Waals surface area contributed by atoms with Crippen molar-refractivity contribution in [2.45, 2.75) is 118 Å². The Labute approximate surface area is 276 Å². The predicted octanol–water partition coefficient (Wildman–Crippen LogP) is 4.49.